The number of rotatable bonds is 6. The van der Waals surface area contributed by atoms with Gasteiger partial charge in [-0.15, -0.1) is 0 Å². The number of benzene rings is 1. The van der Waals surface area contributed by atoms with E-state index < -0.39 is 0 Å². The van der Waals surface area contributed by atoms with Crippen LogP contribution in [0.5, 0.6) is 0 Å². The molecule has 0 amide bonds. The summed E-state index contributed by atoms with van der Waals surface area (Å²) in [6.45, 7) is 8.37. The molecule has 0 unspecified atom stereocenters. The minimum absolute atomic E-state index is 0.123. The third-order valence-corrected chi connectivity index (χ3v) is 3.87. The fourth-order valence-corrected chi connectivity index (χ4v) is 2.62. The van der Waals surface area contributed by atoms with Gasteiger partial charge in [-0.3, -0.25) is 4.90 Å². The van der Waals surface area contributed by atoms with Gasteiger partial charge >= 0.3 is 5.63 Å². The minimum Gasteiger partial charge on any atom is -0.422 e. The lowest BCUT2D eigenvalue weighted by Crippen LogP contribution is -2.27. The third kappa shape index (κ3) is 3.52. The Morgan fingerprint density at radius 1 is 1.24 bits per heavy atom. The van der Waals surface area contributed by atoms with Crippen molar-refractivity contribution in [2.75, 3.05) is 19.7 Å². The van der Waals surface area contributed by atoms with Crippen LogP contribution in [0, 0.1) is 13.8 Å². The largest absolute Gasteiger partial charge is 0.422 e. The molecule has 114 valence electrons. The molecule has 2 aromatic rings. The molecule has 4 nitrogen and oxygen atoms in total. The van der Waals surface area contributed by atoms with Gasteiger partial charge in [-0.25, -0.2) is 4.79 Å². The Morgan fingerprint density at radius 3 is 2.67 bits per heavy atom. The van der Waals surface area contributed by atoms with Crippen molar-refractivity contribution in [2.24, 2.45) is 0 Å². The molecule has 21 heavy (non-hydrogen) atoms. The second-order valence-electron chi connectivity index (χ2n) is 5.47. The summed E-state index contributed by atoms with van der Waals surface area (Å²) in [6, 6.07) is 5.63. The van der Waals surface area contributed by atoms with E-state index in [-0.39, 0.29) is 12.2 Å². The summed E-state index contributed by atoms with van der Waals surface area (Å²) in [5.74, 6) is 0. The molecule has 0 radical (unpaired) electrons. The number of aryl methyl sites for hydroxylation is 2. The van der Waals surface area contributed by atoms with Crippen molar-refractivity contribution in [2.45, 2.75) is 33.7 Å². The molecule has 1 N–H and O–H groups in total. The molecule has 0 saturated carbocycles. The number of nitrogens with zero attached hydrogens (tertiary/aromatic N) is 1. The van der Waals surface area contributed by atoms with Gasteiger partial charge in [-0.2, -0.15) is 0 Å². The maximum atomic E-state index is 11.8. The maximum absolute atomic E-state index is 11.8. The zero-order chi connectivity index (χ0) is 15.4. The van der Waals surface area contributed by atoms with Crippen LogP contribution in [-0.4, -0.2) is 29.7 Å². The van der Waals surface area contributed by atoms with Gasteiger partial charge < -0.3 is 9.52 Å². The Morgan fingerprint density at radius 2 is 2.00 bits per heavy atom. The van der Waals surface area contributed by atoms with Crippen LogP contribution < -0.4 is 5.63 Å². The van der Waals surface area contributed by atoms with Gasteiger partial charge in [0.15, 0.2) is 0 Å². The van der Waals surface area contributed by atoms with E-state index in [1.54, 1.807) is 6.07 Å². The number of hydrogen-bond donors (Lipinski definition) is 1. The quantitative estimate of drug-likeness (QED) is 0.831. The normalized spacial score (nSPS) is 11.5. The van der Waals surface area contributed by atoms with Crippen LogP contribution in [0.2, 0.25) is 0 Å². The predicted octanol–water partition coefficient (Wildman–Crippen LogP) is 2.61. The van der Waals surface area contributed by atoms with Crippen molar-refractivity contribution in [1.29, 1.82) is 0 Å². The van der Waals surface area contributed by atoms with Gasteiger partial charge in [-0.05, 0) is 43.5 Å². The van der Waals surface area contributed by atoms with Crippen LogP contribution in [0.25, 0.3) is 11.0 Å². The highest BCUT2D eigenvalue weighted by molar-refractivity contribution is 5.83. The fraction of sp³-hybridized carbons (Fsp3) is 0.471. The number of fused-ring (bicyclic) bond motifs is 1. The first-order chi connectivity index (χ1) is 10.1. The highest BCUT2D eigenvalue weighted by atomic mass is 16.4. The monoisotopic (exact) mass is 289 g/mol. The Labute approximate surface area is 125 Å². The molecule has 1 heterocycles. The van der Waals surface area contributed by atoms with Crippen LogP contribution in [0.15, 0.2) is 27.4 Å². The molecule has 4 heteroatoms. The molecular weight excluding hydrogens is 266 g/mol. The average Bonchev–Trinajstić information content (AvgIpc) is 2.44. The van der Waals surface area contributed by atoms with Gasteiger partial charge in [-0.1, -0.05) is 19.1 Å². The molecule has 0 aliphatic rings. The summed E-state index contributed by atoms with van der Waals surface area (Å²) in [7, 11) is 0. The van der Waals surface area contributed by atoms with Gasteiger partial charge in [0.05, 0.1) is 6.61 Å². The predicted molar refractivity (Wildman–Crippen MR) is 84.6 cm³/mol. The molecule has 2 rings (SSSR count). The van der Waals surface area contributed by atoms with Crippen LogP contribution in [-0.2, 0) is 6.54 Å². The molecule has 0 spiro atoms. The van der Waals surface area contributed by atoms with Crippen LogP contribution in [0.4, 0.5) is 0 Å². The summed E-state index contributed by atoms with van der Waals surface area (Å²) in [6.07, 6.45) is 1.01. The maximum Gasteiger partial charge on any atom is 0.336 e. The van der Waals surface area contributed by atoms with Crippen molar-refractivity contribution in [3.8, 4) is 0 Å². The van der Waals surface area contributed by atoms with Crippen LogP contribution in [0.1, 0.15) is 30.0 Å². The second kappa shape index (κ2) is 6.87. The van der Waals surface area contributed by atoms with E-state index in [2.05, 4.69) is 17.9 Å². The number of hydrogen-bond acceptors (Lipinski definition) is 4. The summed E-state index contributed by atoms with van der Waals surface area (Å²) in [5, 5.41) is 10.2. The molecule has 1 aromatic heterocycles. The first kappa shape index (κ1) is 15.7. The number of aliphatic hydroxyl groups is 1. The lowest BCUT2D eigenvalue weighted by atomic mass is 10.0. The van der Waals surface area contributed by atoms with E-state index in [1.165, 1.54) is 0 Å². The zero-order valence-electron chi connectivity index (χ0n) is 13.0. The van der Waals surface area contributed by atoms with E-state index >= 15 is 0 Å². The van der Waals surface area contributed by atoms with Crippen molar-refractivity contribution in [3.05, 3.63) is 45.3 Å². The minimum atomic E-state index is -0.313. The number of aliphatic hydroxyl groups excluding tert-OH is 1. The lowest BCUT2D eigenvalue weighted by Gasteiger charge is -2.21. The van der Waals surface area contributed by atoms with Gasteiger partial charge in [0, 0.05) is 24.5 Å². The Hall–Kier alpha value is -1.65. The van der Waals surface area contributed by atoms with Gasteiger partial charge in [0.1, 0.15) is 5.58 Å². The second-order valence-corrected chi connectivity index (χ2v) is 5.47. The van der Waals surface area contributed by atoms with Crippen LogP contribution >= 0.6 is 0 Å². The topological polar surface area (TPSA) is 53.7 Å². The Balaban J connectivity index is 2.48. The standard InChI is InChI=1S/C17H23NO3/c1-4-7-18(8-9-19)11-14-10-16(20)21-17-13(3)12(2)5-6-15(14)17/h5-6,10,19H,4,7-9,11H2,1-3H3. The molecule has 1 aromatic carbocycles. The molecule has 0 aliphatic heterocycles. The van der Waals surface area contributed by atoms with E-state index in [1.807, 2.05) is 19.9 Å². The Bertz CT molecular complexity index is 670. The first-order valence-corrected chi connectivity index (χ1v) is 7.43. The molecule has 0 saturated heterocycles. The first-order valence-electron chi connectivity index (χ1n) is 7.43. The SMILES string of the molecule is CCCN(CCO)Cc1cc(=O)oc2c(C)c(C)ccc12. The summed E-state index contributed by atoms with van der Waals surface area (Å²) in [5.41, 5.74) is 3.45. The van der Waals surface area contributed by atoms with Crippen molar-refractivity contribution < 1.29 is 9.52 Å². The van der Waals surface area contributed by atoms with Crippen molar-refractivity contribution in [3.63, 3.8) is 0 Å². The molecule has 0 atom stereocenters. The van der Waals surface area contributed by atoms with Crippen molar-refractivity contribution >= 4 is 11.0 Å². The Kier molecular flexibility index (Phi) is 5.15. The van der Waals surface area contributed by atoms with Gasteiger partial charge in [0.25, 0.3) is 0 Å². The highest BCUT2D eigenvalue weighted by Gasteiger charge is 2.12. The molecule has 0 fully saturated rings. The van der Waals surface area contributed by atoms with E-state index in [9.17, 15) is 4.79 Å². The molecular formula is C17H23NO3. The van der Waals surface area contributed by atoms with Crippen molar-refractivity contribution in [1.82, 2.24) is 4.90 Å². The summed E-state index contributed by atoms with van der Waals surface area (Å²) < 4.78 is 5.39. The smallest absolute Gasteiger partial charge is 0.336 e. The molecule has 0 bridgehead atoms. The fourth-order valence-electron chi connectivity index (χ4n) is 2.62. The highest BCUT2D eigenvalue weighted by Crippen LogP contribution is 2.24. The van der Waals surface area contributed by atoms with Gasteiger partial charge in [0.2, 0.25) is 0 Å². The van der Waals surface area contributed by atoms with E-state index in [4.69, 9.17) is 9.52 Å². The summed E-state index contributed by atoms with van der Waals surface area (Å²) >= 11 is 0. The zero-order valence-corrected chi connectivity index (χ0v) is 13.0. The van der Waals surface area contributed by atoms with Crippen LogP contribution in [0.3, 0.4) is 0 Å². The van der Waals surface area contributed by atoms with E-state index in [0.29, 0.717) is 18.7 Å². The van der Waals surface area contributed by atoms with E-state index in [0.717, 1.165) is 35.0 Å². The average molecular weight is 289 g/mol. The molecule has 0 aliphatic carbocycles. The lowest BCUT2D eigenvalue weighted by molar-refractivity contribution is 0.190. The summed E-state index contributed by atoms with van der Waals surface area (Å²) in [4.78, 5) is 14.0. The third-order valence-electron chi connectivity index (χ3n) is 3.87.